The lowest BCUT2D eigenvalue weighted by molar-refractivity contribution is 0.0918. The van der Waals surface area contributed by atoms with Crippen LogP contribution in [0.5, 0.6) is 0 Å². The first-order valence-electron chi connectivity index (χ1n) is 9.77. The quantitative estimate of drug-likeness (QED) is 0.594. The monoisotopic (exact) mass is 413 g/mol. The summed E-state index contributed by atoms with van der Waals surface area (Å²) in [5.41, 5.74) is 4.98. The van der Waals surface area contributed by atoms with Crippen LogP contribution in [0.25, 0.3) is 11.3 Å². The van der Waals surface area contributed by atoms with Crippen molar-refractivity contribution >= 4 is 17.5 Å². The molecule has 0 radical (unpaired) electrons. The molecule has 1 aliphatic carbocycles. The summed E-state index contributed by atoms with van der Waals surface area (Å²) in [7, 11) is 1.65. The maximum atomic E-state index is 12.6. The Kier molecular flexibility index (Phi) is 5.74. The Labute approximate surface area is 174 Å². The van der Waals surface area contributed by atoms with E-state index in [1.165, 1.54) is 5.56 Å². The van der Waals surface area contributed by atoms with Crippen molar-refractivity contribution in [3.05, 3.63) is 63.7 Å². The summed E-state index contributed by atoms with van der Waals surface area (Å²) < 4.78 is 12.9. The number of carbonyl (C=O) groups excluding carboxylic acids is 1. The second kappa shape index (κ2) is 8.43. The van der Waals surface area contributed by atoms with Gasteiger partial charge in [0.1, 0.15) is 5.76 Å². The lowest BCUT2D eigenvalue weighted by atomic mass is 9.93. The standard InChI is InChI=1S/C22H24ClN3O3/c1-14-19-18(29-21(14)22(27)24-9-4-10-28-2)8-7-16-13-26(25-20(16)19)12-15-5-3-6-17(23)11-15/h3,5-6,11,13H,4,7-10,12H2,1-2H3,(H,24,27). The average Bonchev–Trinajstić information content (AvgIpc) is 3.25. The minimum Gasteiger partial charge on any atom is -0.455 e. The van der Waals surface area contributed by atoms with E-state index in [0.29, 0.717) is 30.5 Å². The molecule has 0 saturated heterocycles. The number of aryl methyl sites for hydroxylation is 2. The molecule has 0 saturated carbocycles. The summed E-state index contributed by atoms with van der Waals surface area (Å²) in [5.74, 6) is 1.03. The third-order valence-corrected chi connectivity index (χ3v) is 5.40. The van der Waals surface area contributed by atoms with Crippen LogP contribution in [0.2, 0.25) is 5.02 Å². The lowest BCUT2D eigenvalue weighted by Crippen LogP contribution is -2.25. The average molecular weight is 414 g/mol. The highest BCUT2D eigenvalue weighted by atomic mass is 35.5. The number of fused-ring (bicyclic) bond motifs is 3. The van der Waals surface area contributed by atoms with Gasteiger partial charge in [-0.1, -0.05) is 23.7 Å². The van der Waals surface area contributed by atoms with Crippen molar-refractivity contribution in [2.24, 2.45) is 0 Å². The first-order chi connectivity index (χ1) is 14.1. The molecule has 1 aliphatic rings. The smallest absolute Gasteiger partial charge is 0.287 e. The van der Waals surface area contributed by atoms with Crippen molar-refractivity contribution in [3.8, 4) is 11.3 Å². The Morgan fingerprint density at radius 2 is 2.24 bits per heavy atom. The van der Waals surface area contributed by atoms with Gasteiger partial charge in [0.05, 0.1) is 12.2 Å². The van der Waals surface area contributed by atoms with Gasteiger partial charge in [0, 0.05) is 49.0 Å². The fraction of sp³-hybridized carbons (Fsp3) is 0.364. The molecule has 0 spiro atoms. The fourth-order valence-corrected chi connectivity index (χ4v) is 4.00. The molecular formula is C22H24ClN3O3. The van der Waals surface area contributed by atoms with Crippen LogP contribution in [0.1, 0.15) is 39.4 Å². The van der Waals surface area contributed by atoms with Crippen LogP contribution in [0.4, 0.5) is 0 Å². The van der Waals surface area contributed by atoms with Crippen molar-refractivity contribution in [3.63, 3.8) is 0 Å². The molecule has 1 amide bonds. The summed E-state index contributed by atoms with van der Waals surface area (Å²) >= 11 is 6.10. The molecular weight excluding hydrogens is 390 g/mol. The van der Waals surface area contributed by atoms with Crippen LogP contribution in [-0.4, -0.2) is 35.9 Å². The number of nitrogens with zero attached hydrogens (tertiary/aromatic N) is 2. The third-order valence-electron chi connectivity index (χ3n) is 5.17. The molecule has 0 aliphatic heterocycles. The predicted molar refractivity (Wildman–Crippen MR) is 111 cm³/mol. The van der Waals surface area contributed by atoms with Gasteiger partial charge in [-0.25, -0.2) is 0 Å². The van der Waals surface area contributed by atoms with Crippen LogP contribution in [-0.2, 0) is 24.1 Å². The van der Waals surface area contributed by atoms with Crippen molar-refractivity contribution in [2.45, 2.75) is 32.7 Å². The highest BCUT2D eigenvalue weighted by molar-refractivity contribution is 6.30. The van der Waals surface area contributed by atoms with E-state index in [0.717, 1.165) is 47.4 Å². The second-order valence-corrected chi connectivity index (χ2v) is 7.72. The number of hydrogen-bond donors (Lipinski definition) is 1. The molecule has 7 heteroatoms. The van der Waals surface area contributed by atoms with Gasteiger partial charge < -0.3 is 14.5 Å². The van der Waals surface area contributed by atoms with Crippen molar-refractivity contribution in [1.29, 1.82) is 0 Å². The van der Waals surface area contributed by atoms with Gasteiger partial charge in [-0.15, -0.1) is 0 Å². The Hall–Kier alpha value is -2.57. The summed E-state index contributed by atoms with van der Waals surface area (Å²) in [6.07, 6.45) is 4.46. The van der Waals surface area contributed by atoms with E-state index in [1.54, 1.807) is 7.11 Å². The SMILES string of the molecule is COCCCNC(=O)c1oc2c(c1C)-c1nn(Cc3cccc(Cl)c3)cc1CC2. The van der Waals surface area contributed by atoms with Crippen LogP contribution in [0.15, 0.2) is 34.9 Å². The summed E-state index contributed by atoms with van der Waals surface area (Å²) in [6.45, 7) is 3.74. The topological polar surface area (TPSA) is 69.3 Å². The molecule has 29 heavy (non-hydrogen) atoms. The molecule has 4 rings (SSSR count). The van der Waals surface area contributed by atoms with Gasteiger partial charge >= 0.3 is 0 Å². The number of hydrogen-bond acceptors (Lipinski definition) is 4. The number of methoxy groups -OCH3 is 1. The minimum atomic E-state index is -0.187. The molecule has 0 bridgehead atoms. The maximum absolute atomic E-state index is 12.6. The number of benzene rings is 1. The largest absolute Gasteiger partial charge is 0.455 e. The van der Waals surface area contributed by atoms with E-state index in [9.17, 15) is 4.79 Å². The number of aromatic nitrogens is 2. The lowest BCUT2D eigenvalue weighted by Gasteiger charge is -2.09. The number of nitrogens with one attached hydrogen (secondary N) is 1. The highest BCUT2D eigenvalue weighted by Gasteiger charge is 2.29. The van der Waals surface area contributed by atoms with E-state index in [-0.39, 0.29) is 5.91 Å². The second-order valence-electron chi connectivity index (χ2n) is 7.29. The number of ether oxygens (including phenoxy) is 1. The minimum absolute atomic E-state index is 0.187. The molecule has 152 valence electrons. The number of furan rings is 1. The molecule has 1 aromatic carbocycles. The van der Waals surface area contributed by atoms with Gasteiger partial charge in [0.2, 0.25) is 0 Å². The van der Waals surface area contributed by atoms with Crippen LogP contribution < -0.4 is 5.32 Å². The number of amides is 1. The van der Waals surface area contributed by atoms with E-state index < -0.39 is 0 Å². The van der Waals surface area contributed by atoms with E-state index in [4.69, 9.17) is 25.9 Å². The number of carbonyl (C=O) groups is 1. The Balaban J connectivity index is 1.57. The van der Waals surface area contributed by atoms with E-state index in [2.05, 4.69) is 11.5 Å². The Bertz CT molecular complexity index is 1040. The summed E-state index contributed by atoms with van der Waals surface area (Å²) in [4.78, 5) is 12.6. The van der Waals surface area contributed by atoms with Gasteiger partial charge in [-0.2, -0.15) is 5.10 Å². The zero-order valence-electron chi connectivity index (χ0n) is 16.6. The molecule has 0 unspecified atom stereocenters. The maximum Gasteiger partial charge on any atom is 0.287 e. The predicted octanol–water partition coefficient (Wildman–Crippen LogP) is 4.02. The number of rotatable bonds is 7. The molecule has 2 aromatic heterocycles. The third kappa shape index (κ3) is 4.09. The van der Waals surface area contributed by atoms with Gasteiger partial charge in [0.15, 0.2) is 5.76 Å². The van der Waals surface area contributed by atoms with Crippen molar-refractivity contribution < 1.29 is 13.9 Å². The van der Waals surface area contributed by atoms with E-state index in [1.807, 2.05) is 35.9 Å². The molecule has 3 aromatic rings. The summed E-state index contributed by atoms with van der Waals surface area (Å²) in [6, 6.07) is 7.79. The molecule has 0 atom stereocenters. The van der Waals surface area contributed by atoms with Gasteiger partial charge in [0.25, 0.3) is 5.91 Å². The molecule has 2 heterocycles. The molecule has 6 nitrogen and oxygen atoms in total. The normalized spacial score (nSPS) is 12.5. The van der Waals surface area contributed by atoms with Crippen LogP contribution in [0, 0.1) is 6.92 Å². The summed E-state index contributed by atoms with van der Waals surface area (Å²) in [5, 5.41) is 8.42. The fourth-order valence-electron chi connectivity index (χ4n) is 3.78. The highest BCUT2D eigenvalue weighted by Crippen LogP contribution is 2.38. The zero-order chi connectivity index (χ0) is 20.4. The zero-order valence-corrected chi connectivity index (χ0v) is 17.4. The molecule has 0 fully saturated rings. The van der Waals surface area contributed by atoms with Gasteiger partial charge in [-0.3, -0.25) is 9.48 Å². The van der Waals surface area contributed by atoms with Crippen molar-refractivity contribution in [2.75, 3.05) is 20.3 Å². The Morgan fingerprint density at radius 3 is 3.03 bits per heavy atom. The van der Waals surface area contributed by atoms with Gasteiger partial charge in [-0.05, 0) is 43.0 Å². The van der Waals surface area contributed by atoms with E-state index >= 15 is 0 Å². The van der Waals surface area contributed by atoms with Crippen LogP contribution in [0.3, 0.4) is 0 Å². The molecule has 1 N–H and O–H groups in total. The van der Waals surface area contributed by atoms with Crippen LogP contribution >= 0.6 is 11.6 Å². The first-order valence-corrected chi connectivity index (χ1v) is 10.1. The van der Waals surface area contributed by atoms with Crippen molar-refractivity contribution in [1.82, 2.24) is 15.1 Å². The Morgan fingerprint density at radius 1 is 1.38 bits per heavy atom. The first kappa shape index (κ1) is 19.7. The number of halogens is 1.